The molecule has 0 radical (unpaired) electrons. The molecular formula is C26H32N6O4. The molecule has 1 atom stereocenters. The standard InChI is InChI=1S/C26H32N6O4/c1-5-7-21(24-28-29-30-32(24)26(2,3)4)31(16-19-8-6-9-34-19)15-18-12-17-13-22-23(36-11-10-35-22)14-20(17)27-25(18)33/h6,8-9,12-14,21H,5,7,10-11,15-16H2,1-4H3,(H,27,33). The van der Waals surface area contributed by atoms with Crippen LogP contribution in [-0.2, 0) is 18.6 Å². The van der Waals surface area contributed by atoms with Crippen molar-refractivity contribution in [3.8, 4) is 11.5 Å². The molecule has 190 valence electrons. The van der Waals surface area contributed by atoms with Crippen molar-refractivity contribution in [2.45, 2.75) is 65.2 Å². The first-order chi connectivity index (χ1) is 17.3. The molecule has 0 aliphatic carbocycles. The third-order valence-corrected chi connectivity index (χ3v) is 6.33. The molecule has 5 rings (SSSR count). The van der Waals surface area contributed by atoms with E-state index in [0.29, 0.717) is 48.9 Å². The van der Waals surface area contributed by atoms with Crippen molar-refractivity contribution in [3.05, 3.63) is 64.1 Å². The summed E-state index contributed by atoms with van der Waals surface area (Å²) in [4.78, 5) is 18.4. The van der Waals surface area contributed by atoms with Gasteiger partial charge in [-0.05, 0) is 61.9 Å². The number of furan rings is 1. The molecular weight excluding hydrogens is 460 g/mol. The van der Waals surface area contributed by atoms with Crippen molar-refractivity contribution in [2.24, 2.45) is 0 Å². The second-order valence-electron chi connectivity index (χ2n) is 10.1. The van der Waals surface area contributed by atoms with E-state index in [4.69, 9.17) is 13.9 Å². The number of aromatic nitrogens is 5. The van der Waals surface area contributed by atoms with Gasteiger partial charge in [0.2, 0.25) is 0 Å². The lowest BCUT2D eigenvalue weighted by atomic mass is 10.0. The zero-order valence-electron chi connectivity index (χ0n) is 21.2. The normalized spacial score (nSPS) is 14.5. The molecule has 3 aromatic heterocycles. The fraction of sp³-hybridized carbons (Fsp3) is 0.462. The summed E-state index contributed by atoms with van der Waals surface area (Å²) in [6.07, 6.45) is 3.41. The maximum atomic E-state index is 13.2. The van der Waals surface area contributed by atoms with Crippen LogP contribution < -0.4 is 15.0 Å². The maximum Gasteiger partial charge on any atom is 0.252 e. The predicted molar refractivity (Wildman–Crippen MR) is 134 cm³/mol. The molecule has 0 spiro atoms. The van der Waals surface area contributed by atoms with Gasteiger partial charge in [-0.1, -0.05) is 13.3 Å². The number of pyridine rings is 1. The van der Waals surface area contributed by atoms with Crippen molar-refractivity contribution in [1.82, 2.24) is 30.1 Å². The molecule has 1 aliphatic heterocycles. The van der Waals surface area contributed by atoms with E-state index in [1.165, 1.54) is 0 Å². The van der Waals surface area contributed by atoms with E-state index in [1.807, 2.05) is 35.0 Å². The van der Waals surface area contributed by atoms with E-state index < -0.39 is 0 Å². The zero-order chi connectivity index (χ0) is 25.3. The van der Waals surface area contributed by atoms with Crippen LogP contribution in [0.3, 0.4) is 0 Å². The van der Waals surface area contributed by atoms with Crippen LogP contribution in [0, 0.1) is 0 Å². The first-order valence-corrected chi connectivity index (χ1v) is 12.3. The van der Waals surface area contributed by atoms with Crippen LogP contribution in [0.1, 0.15) is 63.7 Å². The third-order valence-electron chi connectivity index (χ3n) is 6.33. The van der Waals surface area contributed by atoms with Gasteiger partial charge in [-0.25, -0.2) is 4.68 Å². The Morgan fingerprint density at radius 3 is 2.61 bits per heavy atom. The topological polar surface area (TPSA) is 111 Å². The Kier molecular flexibility index (Phi) is 6.53. The van der Waals surface area contributed by atoms with Gasteiger partial charge in [-0.3, -0.25) is 9.69 Å². The summed E-state index contributed by atoms with van der Waals surface area (Å²) >= 11 is 0. The second kappa shape index (κ2) is 9.77. The lowest BCUT2D eigenvalue weighted by Gasteiger charge is -2.32. The summed E-state index contributed by atoms with van der Waals surface area (Å²) < 4.78 is 19.0. The number of benzene rings is 1. The number of ether oxygens (including phenoxy) is 2. The Labute approximate surface area is 209 Å². The van der Waals surface area contributed by atoms with Gasteiger partial charge in [0.25, 0.3) is 5.56 Å². The molecule has 36 heavy (non-hydrogen) atoms. The highest BCUT2D eigenvalue weighted by atomic mass is 16.6. The van der Waals surface area contributed by atoms with Gasteiger partial charge >= 0.3 is 0 Å². The van der Waals surface area contributed by atoms with Gasteiger partial charge in [-0.15, -0.1) is 5.10 Å². The fourth-order valence-corrected chi connectivity index (χ4v) is 4.63. The van der Waals surface area contributed by atoms with Gasteiger partial charge in [0.15, 0.2) is 17.3 Å². The number of tetrazole rings is 1. The zero-order valence-corrected chi connectivity index (χ0v) is 21.2. The highest BCUT2D eigenvalue weighted by Crippen LogP contribution is 2.34. The molecule has 0 amide bonds. The number of fused-ring (bicyclic) bond motifs is 2. The minimum Gasteiger partial charge on any atom is -0.486 e. The minimum atomic E-state index is -0.289. The van der Waals surface area contributed by atoms with Crippen molar-refractivity contribution in [1.29, 1.82) is 0 Å². The van der Waals surface area contributed by atoms with Gasteiger partial charge < -0.3 is 18.9 Å². The second-order valence-corrected chi connectivity index (χ2v) is 10.1. The summed E-state index contributed by atoms with van der Waals surface area (Å²) in [6.45, 7) is 10.3. The maximum absolute atomic E-state index is 13.2. The van der Waals surface area contributed by atoms with Crippen LogP contribution in [0.25, 0.3) is 10.9 Å². The van der Waals surface area contributed by atoms with E-state index >= 15 is 0 Å². The van der Waals surface area contributed by atoms with Crippen molar-refractivity contribution >= 4 is 10.9 Å². The number of H-pyrrole nitrogens is 1. The number of hydrogen-bond acceptors (Lipinski definition) is 8. The van der Waals surface area contributed by atoms with E-state index in [2.05, 4.69) is 53.1 Å². The van der Waals surface area contributed by atoms with E-state index in [0.717, 1.165) is 29.8 Å². The Hall–Kier alpha value is -3.66. The largest absolute Gasteiger partial charge is 0.486 e. The Morgan fingerprint density at radius 2 is 1.92 bits per heavy atom. The molecule has 4 aromatic rings. The molecule has 4 heterocycles. The minimum absolute atomic E-state index is 0.121. The van der Waals surface area contributed by atoms with Gasteiger partial charge in [0, 0.05) is 23.6 Å². The molecule has 0 saturated heterocycles. The van der Waals surface area contributed by atoms with Crippen LogP contribution in [0.2, 0.25) is 0 Å². The molecule has 1 N–H and O–H groups in total. The molecule has 1 unspecified atom stereocenters. The molecule has 1 aliphatic rings. The van der Waals surface area contributed by atoms with Crippen LogP contribution in [0.5, 0.6) is 11.5 Å². The van der Waals surface area contributed by atoms with Crippen LogP contribution in [0.4, 0.5) is 0 Å². The SMILES string of the molecule is CCCC(c1nnnn1C(C)(C)C)N(Cc1ccco1)Cc1cc2cc3c(cc2[nH]c1=O)OCCO3. The van der Waals surface area contributed by atoms with Gasteiger partial charge in [0.1, 0.15) is 19.0 Å². The number of aromatic amines is 1. The average molecular weight is 493 g/mol. The van der Waals surface area contributed by atoms with Crippen molar-refractivity contribution in [2.75, 3.05) is 13.2 Å². The summed E-state index contributed by atoms with van der Waals surface area (Å²) in [5, 5.41) is 13.6. The van der Waals surface area contributed by atoms with E-state index in [-0.39, 0.29) is 17.1 Å². The van der Waals surface area contributed by atoms with Gasteiger partial charge in [-0.2, -0.15) is 0 Å². The van der Waals surface area contributed by atoms with E-state index in [1.54, 1.807) is 6.26 Å². The summed E-state index contributed by atoms with van der Waals surface area (Å²) in [5.41, 5.74) is 0.922. The predicted octanol–water partition coefficient (Wildman–Crippen LogP) is 4.18. The first-order valence-electron chi connectivity index (χ1n) is 12.3. The van der Waals surface area contributed by atoms with Crippen LogP contribution in [-0.4, -0.2) is 43.3 Å². The Morgan fingerprint density at radius 1 is 1.14 bits per heavy atom. The summed E-state index contributed by atoms with van der Waals surface area (Å²) in [7, 11) is 0. The third kappa shape index (κ3) is 4.86. The molecule has 0 bridgehead atoms. The number of hydrogen-bond donors (Lipinski definition) is 1. The monoisotopic (exact) mass is 492 g/mol. The quantitative estimate of drug-likeness (QED) is 0.390. The Bertz CT molecular complexity index is 1390. The molecule has 10 heteroatoms. The van der Waals surface area contributed by atoms with E-state index in [9.17, 15) is 4.79 Å². The summed E-state index contributed by atoms with van der Waals surface area (Å²) in [6, 6.07) is 9.37. The molecule has 0 saturated carbocycles. The van der Waals surface area contributed by atoms with Crippen molar-refractivity contribution in [3.63, 3.8) is 0 Å². The molecule has 10 nitrogen and oxygen atoms in total. The fourth-order valence-electron chi connectivity index (χ4n) is 4.63. The van der Waals surface area contributed by atoms with Gasteiger partial charge in [0.05, 0.1) is 29.9 Å². The molecule has 1 aromatic carbocycles. The first kappa shape index (κ1) is 24.1. The number of rotatable bonds is 8. The number of nitrogens with one attached hydrogen (secondary N) is 1. The smallest absolute Gasteiger partial charge is 0.252 e. The highest BCUT2D eigenvalue weighted by molar-refractivity contribution is 5.83. The number of nitrogens with zero attached hydrogens (tertiary/aromatic N) is 5. The van der Waals surface area contributed by atoms with Crippen molar-refractivity contribution < 1.29 is 13.9 Å². The Balaban J connectivity index is 1.55. The lowest BCUT2D eigenvalue weighted by molar-refractivity contribution is 0.138. The van der Waals surface area contributed by atoms with Crippen LogP contribution in [0.15, 0.2) is 45.8 Å². The highest BCUT2D eigenvalue weighted by Gasteiger charge is 2.31. The van der Waals surface area contributed by atoms with Crippen LogP contribution >= 0.6 is 0 Å². The average Bonchev–Trinajstić information content (AvgIpc) is 3.54. The molecule has 0 fully saturated rings. The lowest BCUT2D eigenvalue weighted by Crippen LogP contribution is -2.35. The summed E-state index contributed by atoms with van der Waals surface area (Å²) in [5.74, 6) is 2.91.